The van der Waals surface area contributed by atoms with Crippen molar-refractivity contribution in [1.29, 1.82) is 0 Å². The number of carbonyl (C=O) groups is 3. The first-order chi connectivity index (χ1) is 15.3. The lowest BCUT2D eigenvalue weighted by Crippen LogP contribution is -2.54. The van der Waals surface area contributed by atoms with Crippen LogP contribution in [0.4, 0.5) is 5.69 Å². The summed E-state index contributed by atoms with van der Waals surface area (Å²) in [6.45, 7) is 3.88. The highest BCUT2D eigenvalue weighted by Gasteiger charge is 2.34. The van der Waals surface area contributed by atoms with Crippen molar-refractivity contribution in [2.24, 2.45) is 5.73 Å². The Kier molecular flexibility index (Phi) is 7.21. The summed E-state index contributed by atoms with van der Waals surface area (Å²) in [7, 11) is 0. The fourth-order valence-corrected chi connectivity index (χ4v) is 3.37. The van der Waals surface area contributed by atoms with E-state index in [-0.39, 0.29) is 17.3 Å². The lowest BCUT2D eigenvalue weighted by atomic mass is 10.1. The maximum Gasteiger partial charge on any atom is 0.270 e. The third-order valence-electron chi connectivity index (χ3n) is 4.65. The molecule has 1 aliphatic heterocycles. The molecular formula is C23H23N3O5S. The number of benzene rings is 2. The minimum absolute atomic E-state index is 0.0200. The van der Waals surface area contributed by atoms with Gasteiger partial charge in [-0.3, -0.25) is 24.6 Å². The molecule has 3 amide bonds. The van der Waals surface area contributed by atoms with Gasteiger partial charge in [0.2, 0.25) is 0 Å². The molecule has 1 aliphatic rings. The van der Waals surface area contributed by atoms with E-state index in [1.807, 2.05) is 19.1 Å². The first-order valence-corrected chi connectivity index (χ1v) is 10.4. The van der Waals surface area contributed by atoms with E-state index >= 15 is 0 Å². The van der Waals surface area contributed by atoms with Gasteiger partial charge >= 0.3 is 0 Å². The molecule has 1 heterocycles. The first-order valence-electron chi connectivity index (χ1n) is 10.0. The molecule has 0 unspecified atom stereocenters. The maximum absolute atomic E-state index is 13.2. The second-order valence-electron chi connectivity index (χ2n) is 6.87. The van der Waals surface area contributed by atoms with Crippen molar-refractivity contribution < 1.29 is 23.9 Å². The van der Waals surface area contributed by atoms with Crippen LogP contribution in [0.1, 0.15) is 25.0 Å². The van der Waals surface area contributed by atoms with Gasteiger partial charge in [0.05, 0.1) is 12.3 Å². The molecule has 0 radical (unpaired) electrons. The maximum atomic E-state index is 13.2. The molecule has 3 N–H and O–H groups in total. The standard InChI is InChI=1S/C23H23N3O5S/c1-3-14-5-8-16(9-6-14)26-22(29)17(21(28)25-23(26)32)11-15-7-10-18(31-13-20(24)27)19(12-15)30-4-2/h5-12H,3-4,13H2,1-2H3,(H2,24,27)(H,25,28,32)/b17-11+. The van der Waals surface area contributed by atoms with Crippen LogP contribution in [0.15, 0.2) is 48.0 Å². The van der Waals surface area contributed by atoms with Crippen LogP contribution in [-0.2, 0) is 20.8 Å². The number of rotatable bonds is 8. The van der Waals surface area contributed by atoms with Crippen molar-refractivity contribution in [2.45, 2.75) is 20.3 Å². The summed E-state index contributed by atoms with van der Waals surface area (Å²) in [5.74, 6) is -1.06. The fraction of sp³-hybridized carbons (Fsp3) is 0.217. The number of thiocarbonyl (C=S) groups is 1. The van der Waals surface area contributed by atoms with Gasteiger partial charge in [-0.1, -0.05) is 25.1 Å². The van der Waals surface area contributed by atoms with E-state index in [9.17, 15) is 14.4 Å². The van der Waals surface area contributed by atoms with E-state index in [2.05, 4.69) is 5.32 Å². The zero-order valence-corrected chi connectivity index (χ0v) is 18.5. The van der Waals surface area contributed by atoms with E-state index in [0.29, 0.717) is 29.4 Å². The van der Waals surface area contributed by atoms with Gasteiger partial charge in [0.25, 0.3) is 17.7 Å². The van der Waals surface area contributed by atoms with E-state index in [1.54, 1.807) is 37.3 Å². The van der Waals surface area contributed by atoms with Gasteiger partial charge in [0.15, 0.2) is 23.2 Å². The van der Waals surface area contributed by atoms with Gasteiger partial charge < -0.3 is 15.2 Å². The molecule has 8 nitrogen and oxygen atoms in total. The predicted octanol–water partition coefficient (Wildman–Crippen LogP) is 2.34. The Morgan fingerprint density at radius 2 is 1.81 bits per heavy atom. The molecule has 1 saturated heterocycles. The quantitative estimate of drug-likeness (QED) is 0.361. The van der Waals surface area contributed by atoms with E-state index < -0.39 is 17.7 Å². The highest BCUT2D eigenvalue weighted by molar-refractivity contribution is 7.80. The van der Waals surface area contributed by atoms with Gasteiger partial charge in [-0.05, 0) is 67.0 Å². The van der Waals surface area contributed by atoms with Crippen LogP contribution in [0.3, 0.4) is 0 Å². The molecule has 166 valence electrons. The van der Waals surface area contributed by atoms with Gasteiger partial charge in [-0.15, -0.1) is 0 Å². The van der Waals surface area contributed by atoms with Crippen molar-refractivity contribution in [3.8, 4) is 11.5 Å². The van der Waals surface area contributed by atoms with Crippen molar-refractivity contribution in [3.63, 3.8) is 0 Å². The molecule has 32 heavy (non-hydrogen) atoms. The SMILES string of the molecule is CCOc1cc(/C=C2\C(=O)NC(=S)N(c3ccc(CC)cc3)C2=O)ccc1OCC(N)=O. The van der Waals surface area contributed by atoms with Crippen LogP contribution >= 0.6 is 12.2 Å². The molecule has 0 atom stereocenters. The third kappa shape index (κ3) is 5.12. The minimum Gasteiger partial charge on any atom is -0.490 e. The predicted molar refractivity (Wildman–Crippen MR) is 124 cm³/mol. The number of hydrogen-bond donors (Lipinski definition) is 2. The monoisotopic (exact) mass is 453 g/mol. The first kappa shape index (κ1) is 23.0. The molecule has 2 aromatic carbocycles. The zero-order chi connectivity index (χ0) is 23.3. The van der Waals surface area contributed by atoms with Crippen LogP contribution in [0.5, 0.6) is 11.5 Å². The Morgan fingerprint density at radius 1 is 1.09 bits per heavy atom. The summed E-state index contributed by atoms with van der Waals surface area (Å²) in [4.78, 5) is 38.0. The lowest BCUT2D eigenvalue weighted by molar-refractivity contribution is -0.122. The van der Waals surface area contributed by atoms with Gasteiger partial charge in [-0.2, -0.15) is 0 Å². The number of carbonyl (C=O) groups excluding carboxylic acids is 3. The van der Waals surface area contributed by atoms with Gasteiger partial charge in [-0.25, -0.2) is 0 Å². The van der Waals surface area contributed by atoms with Crippen molar-refractivity contribution >= 4 is 46.8 Å². The van der Waals surface area contributed by atoms with E-state index in [1.165, 1.54) is 11.0 Å². The van der Waals surface area contributed by atoms with Crippen molar-refractivity contribution in [3.05, 3.63) is 59.2 Å². The van der Waals surface area contributed by atoms with Crippen molar-refractivity contribution in [1.82, 2.24) is 5.32 Å². The summed E-state index contributed by atoms with van der Waals surface area (Å²) in [5.41, 5.74) is 7.26. The average Bonchev–Trinajstić information content (AvgIpc) is 2.76. The van der Waals surface area contributed by atoms with E-state index in [4.69, 9.17) is 27.4 Å². The number of nitrogens with zero attached hydrogens (tertiary/aromatic N) is 1. The largest absolute Gasteiger partial charge is 0.490 e. The topological polar surface area (TPSA) is 111 Å². The van der Waals surface area contributed by atoms with Crippen molar-refractivity contribution in [2.75, 3.05) is 18.1 Å². The summed E-state index contributed by atoms with van der Waals surface area (Å²) in [6.07, 6.45) is 2.31. The molecule has 3 rings (SSSR count). The second-order valence-corrected chi connectivity index (χ2v) is 7.26. The molecule has 0 aliphatic carbocycles. The normalized spacial score (nSPS) is 15.0. The Balaban J connectivity index is 1.94. The molecular weight excluding hydrogens is 430 g/mol. The second kappa shape index (κ2) is 10.1. The number of primary amides is 1. The Labute approximate surface area is 191 Å². The zero-order valence-electron chi connectivity index (χ0n) is 17.7. The van der Waals surface area contributed by atoms with Crippen LogP contribution < -0.4 is 25.4 Å². The number of aryl methyl sites for hydroxylation is 1. The minimum atomic E-state index is -0.619. The Hall–Kier alpha value is -3.72. The summed E-state index contributed by atoms with van der Waals surface area (Å²) >= 11 is 5.24. The van der Waals surface area contributed by atoms with Crippen LogP contribution in [0.25, 0.3) is 6.08 Å². The van der Waals surface area contributed by atoms with Crippen LogP contribution in [-0.4, -0.2) is 36.0 Å². The highest BCUT2D eigenvalue weighted by Crippen LogP contribution is 2.30. The number of amides is 3. The fourth-order valence-electron chi connectivity index (χ4n) is 3.09. The molecule has 1 fully saturated rings. The van der Waals surface area contributed by atoms with E-state index in [0.717, 1.165) is 12.0 Å². The highest BCUT2D eigenvalue weighted by atomic mass is 32.1. The lowest BCUT2D eigenvalue weighted by Gasteiger charge is -2.29. The number of nitrogens with one attached hydrogen (secondary N) is 1. The molecule has 0 bridgehead atoms. The third-order valence-corrected chi connectivity index (χ3v) is 4.94. The number of ether oxygens (including phenoxy) is 2. The van der Waals surface area contributed by atoms with Crippen LogP contribution in [0, 0.1) is 0 Å². The van der Waals surface area contributed by atoms with Gasteiger partial charge in [0.1, 0.15) is 5.57 Å². The molecule has 0 saturated carbocycles. The molecule has 9 heteroatoms. The summed E-state index contributed by atoms with van der Waals surface area (Å²) < 4.78 is 10.9. The molecule has 2 aromatic rings. The van der Waals surface area contributed by atoms with Crippen LogP contribution in [0.2, 0.25) is 0 Å². The molecule has 0 aromatic heterocycles. The Bertz CT molecular complexity index is 1100. The summed E-state index contributed by atoms with van der Waals surface area (Å²) in [5, 5.41) is 2.58. The molecule has 0 spiro atoms. The number of nitrogens with two attached hydrogens (primary N) is 1. The average molecular weight is 454 g/mol. The van der Waals surface area contributed by atoms with Gasteiger partial charge in [0, 0.05) is 0 Å². The smallest absolute Gasteiger partial charge is 0.270 e. The Morgan fingerprint density at radius 3 is 2.44 bits per heavy atom. The number of anilines is 1. The number of hydrogen-bond acceptors (Lipinski definition) is 6. The summed E-state index contributed by atoms with van der Waals surface area (Å²) in [6, 6.07) is 12.2.